The maximum Gasteiger partial charge on any atom is 0.168 e. The molecule has 146 valence electrons. The van der Waals surface area contributed by atoms with Gasteiger partial charge in [-0.3, -0.25) is 0 Å². The van der Waals surface area contributed by atoms with Crippen molar-refractivity contribution in [2.45, 2.75) is 59.2 Å². The Morgan fingerprint density at radius 1 is 0.704 bits per heavy atom. The van der Waals surface area contributed by atoms with E-state index in [1.54, 1.807) is 0 Å². The minimum Gasteiger partial charge on any atom is -0.355 e. The number of benzene rings is 2. The van der Waals surface area contributed by atoms with Crippen molar-refractivity contribution >= 4 is 21.8 Å². The lowest BCUT2D eigenvalue weighted by Gasteiger charge is -2.39. The molecule has 3 nitrogen and oxygen atoms in total. The Hall–Kier alpha value is -1.84. The number of ether oxygens (including phenoxy) is 2. The maximum atomic E-state index is 5.65. The van der Waals surface area contributed by atoms with Crippen LogP contribution < -0.4 is 0 Å². The first-order valence-corrected chi connectivity index (χ1v) is 10.3. The summed E-state index contributed by atoms with van der Waals surface area (Å²) in [6.07, 6.45) is 4.62. The highest BCUT2D eigenvalue weighted by atomic mass is 16.7. The Bertz CT molecular complexity index is 797. The molecule has 3 heteroatoms. The summed E-state index contributed by atoms with van der Waals surface area (Å²) < 4.78 is 11.3. The van der Waals surface area contributed by atoms with Crippen molar-refractivity contribution in [2.24, 2.45) is 5.41 Å². The van der Waals surface area contributed by atoms with Crippen molar-refractivity contribution in [1.29, 1.82) is 0 Å². The molecule has 1 saturated heterocycles. The van der Waals surface area contributed by atoms with Gasteiger partial charge in [0.25, 0.3) is 0 Å². The fourth-order valence-electron chi connectivity index (χ4n) is 3.89. The molecule has 2 fully saturated rings. The lowest BCUT2D eigenvalue weighted by Crippen LogP contribution is -2.37. The fraction of sp³-hybridized carbons (Fsp3) is 0.500. The monoisotopic (exact) mass is 367 g/mol. The Kier molecular flexibility index (Phi) is 6.23. The highest BCUT2D eigenvalue weighted by Crippen LogP contribution is 2.43. The molecule has 2 aromatic carbocycles. The molecule has 1 aliphatic carbocycles. The van der Waals surface area contributed by atoms with Crippen molar-refractivity contribution in [1.82, 2.24) is 4.98 Å². The van der Waals surface area contributed by atoms with Crippen LogP contribution >= 0.6 is 0 Å². The van der Waals surface area contributed by atoms with Gasteiger partial charge in [-0.05, 0) is 30.4 Å². The van der Waals surface area contributed by atoms with Gasteiger partial charge in [0, 0.05) is 34.6 Å². The molecule has 0 radical (unpaired) electrons. The average molecular weight is 368 g/mol. The molecule has 2 heterocycles. The Balaban J connectivity index is 0.000000143. The van der Waals surface area contributed by atoms with E-state index in [1.807, 2.05) is 13.8 Å². The van der Waals surface area contributed by atoms with Crippen molar-refractivity contribution in [2.75, 3.05) is 13.2 Å². The zero-order chi connectivity index (χ0) is 19.3. The molecule has 1 aromatic heterocycles. The van der Waals surface area contributed by atoms with Crippen LogP contribution in [-0.2, 0) is 9.47 Å². The van der Waals surface area contributed by atoms with Gasteiger partial charge < -0.3 is 14.5 Å². The van der Waals surface area contributed by atoms with Crippen LogP contribution in [0.15, 0.2) is 48.5 Å². The standard InChI is InChI=1S/C12H9N.C10H18O2.C2H6/c1-3-7-11-9(5-1)10-6-2-4-8-12(10)13-11;1-9(2)3-5-10(6-4-9)11-7-8-12-10;1-2/h1-8,13H;3-8H2,1-2H3;1-2H3. The van der Waals surface area contributed by atoms with Gasteiger partial charge in [0.05, 0.1) is 13.2 Å². The van der Waals surface area contributed by atoms with E-state index in [1.165, 1.54) is 34.6 Å². The largest absolute Gasteiger partial charge is 0.355 e. The van der Waals surface area contributed by atoms with Gasteiger partial charge >= 0.3 is 0 Å². The molecule has 3 aromatic rings. The van der Waals surface area contributed by atoms with Crippen LogP contribution in [0.1, 0.15) is 53.4 Å². The summed E-state index contributed by atoms with van der Waals surface area (Å²) in [5.74, 6) is -0.171. The number of fused-ring (bicyclic) bond motifs is 3. The molecule has 27 heavy (non-hydrogen) atoms. The second-order valence-corrected chi connectivity index (χ2v) is 7.99. The molecule has 0 atom stereocenters. The number of hydrogen-bond acceptors (Lipinski definition) is 2. The van der Waals surface area contributed by atoms with Crippen LogP contribution in [0.2, 0.25) is 0 Å². The van der Waals surface area contributed by atoms with Crippen LogP contribution in [0.5, 0.6) is 0 Å². The quantitative estimate of drug-likeness (QED) is 0.481. The Morgan fingerprint density at radius 3 is 1.63 bits per heavy atom. The molecule has 1 spiro atoms. The van der Waals surface area contributed by atoms with Crippen LogP contribution in [0.3, 0.4) is 0 Å². The lowest BCUT2D eigenvalue weighted by molar-refractivity contribution is -0.188. The van der Waals surface area contributed by atoms with E-state index < -0.39 is 0 Å². The third kappa shape index (κ3) is 4.53. The van der Waals surface area contributed by atoms with Crippen molar-refractivity contribution in [3.63, 3.8) is 0 Å². The summed E-state index contributed by atoms with van der Waals surface area (Å²) >= 11 is 0. The van der Waals surface area contributed by atoms with Gasteiger partial charge in [-0.2, -0.15) is 0 Å². The van der Waals surface area contributed by atoms with Crippen LogP contribution in [0.25, 0.3) is 21.8 Å². The van der Waals surface area contributed by atoms with E-state index >= 15 is 0 Å². The number of nitrogens with one attached hydrogen (secondary N) is 1. The molecule has 0 unspecified atom stereocenters. The third-order valence-corrected chi connectivity index (χ3v) is 5.59. The van der Waals surface area contributed by atoms with Gasteiger partial charge in [-0.1, -0.05) is 64.1 Å². The summed E-state index contributed by atoms with van der Waals surface area (Å²) in [5.41, 5.74) is 2.92. The Morgan fingerprint density at radius 2 is 1.15 bits per heavy atom. The second kappa shape index (κ2) is 8.45. The van der Waals surface area contributed by atoms with E-state index in [-0.39, 0.29) is 5.79 Å². The van der Waals surface area contributed by atoms with E-state index in [0.717, 1.165) is 26.1 Å². The van der Waals surface area contributed by atoms with Crippen molar-refractivity contribution in [3.05, 3.63) is 48.5 Å². The predicted octanol–water partition coefficient (Wildman–Crippen LogP) is 6.68. The minimum atomic E-state index is -0.171. The van der Waals surface area contributed by atoms with Gasteiger partial charge in [-0.25, -0.2) is 0 Å². The zero-order valence-electron chi connectivity index (χ0n) is 17.2. The van der Waals surface area contributed by atoms with Gasteiger partial charge in [0.1, 0.15) is 0 Å². The number of aromatic nitrogens is 1. The van der Waals surface area contributed by atoms with Gasteiger partial charge in [0.2, 0.25) is 0 Å². The predicted molar refractivity (Wildman–Crippen MR) is 114 cm³/mol. The molecule has 1 saturated carbocycles. The summed E-state index contributed by atoms with van der Waals surface area (Å²) in [7, 11) is 0. The molecule has 0 bridgehead atoms. The summed E-state index contributed by atoms with van der Waals surface area (Å²) in [4.78, 5) is 3.38. The molecule has 1 N–H and O–H groups in total. The molecule has 2 aliphatic rings. The second-order valence-electron chi connectivity index (χ2n) is 7.99. The lowest BCUT2D eigenvalue weighted by atomic mass is 9.75. The zero-order valence-corrected chi connectivity index (χ0v) is 17.2. The maximum absolute atomic E-state index is 5.65. The normalized spacial score (nSPS) is 20.0. The molecule has 1 aliphatic heterocycles. The van der Waals surface area contributed by atoms with Crippen LogP contribution in [0, 0.1) is 5.41 Å². The first-order valence-electron chi connectivity index (χ1n) is 10.3. The van der Waals surface area contributed by atoms with Gasteiger partial charge in [0.15, 0.2) is 5.79 Å². The van der Waals surface area contributed by atoms with Crippen LogP contribution in [-0.4, -0.2) is 24.0 Å². The SMILES string of the molecule is CC.CC1(C)CCC2(CC1)OCCO2.c1ccc2c(c1)[nH]c1ccccc12. The average Bonchev–Trinajstić information content (AvgIpc) is 3.32. The number of hydrogen-bond donors (Lipinski definition) is 1. The van der Waals surface area contributed by atoms with E-state index in [2.05, 4.69) is 67.4 Å². The van der Waals surface area contributed by atoms with E-state index in [4.69, 9.17) is 9.47 Å². The molecular formula is C24H33NO2. The molecule has 0 amide bonds. The van der Waals surface area contributed by atoms with Crippen molar-refractivity contribution < 1.29 is 9.47 Å². The number of H-pyrrole nitrogens is 1. The molecular weight excluding hydrogens is 334 g/mol. The third-order valence-electron chi connectivity index (χ3n) is 5.59. The highest BCUT2D eigenvalue weighted by molar-refractivity contribution is 6.06. The summed E-state index contributed by atoms with van der Waals surface area (Å²) in [6, 6.07) is 16.8. The topological polar surface area (TPSA) is 34.2 Å². The number of rotatable bonds is 0. The molecule has 5 rings (SSSR count). The first-order chi connectivity index (χ1) is 13.1. The van der Waals surface area contributed by atoms with E-state index in [9.17, 15) is 0 Å². The summed E-state index contributed by atoms with van der Waals surface area (Å²) in [5, 5.41) is 2.61. The Labute approximate surface area is 163 Å². The highest BCUT2D eigenvalue weighted by Gasteiger charge is 2.42. The van der Waals surface area contributed by atoms with Crippen molar-refractivity contribution in [3.8, 4) is 0 Å². The number of aromatic amines is 1. The first kappa shape index (κ1) is 19.9. The van der Waals surface area contributed by atoms with Gasteiger partial charge in [-0.15, -0.1) is 0 Å². The smallest absolute Gasteiger partial charge is 0.168 e. The fourth-order valence-corrected chi connectivity index (χ4v) is 3.89. The van der Waals surface area contributed by atoms with Crippen LogP contribution in [0.4, 0.5) is 0 Å². The number of para-hydroxylation sites is 2. The minimum absolute atomic E-state index is 0.171. The van der Waals surface area contributed by atoms with E-state index in [0.29, 0.717) is 5.41 Å². The summed E-state index contributed by atoms with van der Waals surface area (Å²) in [6.45, 7) is 10.2.